The van der Waals surface area contributed by atoms with E-state index in [-0.39, 0.29) is 18.4 Å². The van der Waals surface area contributed by atoms with Crippen molar-refractivity contribution in [1.82, 2.24) is 0 Å². The van der Waals surface area contributed by atoms with Crippen molar-refractivity contribution in [3.05, 3.63) is 53.1 Å². The Labute approximate surface area is 128 Å². The molecular formula is C17H16N2O3. The molecule has 0 fully saturated rings. The van der Waals surface area contributed by atoms with Crippen LogP contribution in [0.5, 0.6) is 5.75 Å². The van der Waals surface area contributed by atoms with Crippen molar-refractivity contribution in [2.24, 2.45) is 0 Å². The van der Waals surface area contributed by atoms with Gasteiger partial charge in [0.2, 0.25) is 0 Å². The van der Waals surface area contributed by atoms with Crippen molar-refractivity contribution in [1.29, 1.82) is 0 Å². The van der Waals surface area contributed by atoms with Crippen LogP contribution in [0.15, 0.2) is 36.4 Å². The monoisotopic (exact) mass is 296 g/mol. The molecule has 2 N–H and O–H groups in total. The number of nitrogens with one attached hydrogen (secondary N) is 2. The van der Waals surface area contributed by atoms with E-state index in [1.165, 1.54) is 0 Å². The predicted molar refractivity (Wildman–Crippen MR) is 84.4 cm³/mol. The first kappa shape index (κ1) is 14.1. The van der Waals surface area contributed by atoms with Gasteiger partial charge in [0.05, 0.1) is 5.69 Å². The van der Waals surface area contributed by atoms with Crippen molar-refractivity contribution in [2.75, 3.05) is 17.2 Å². The van der Waals surface area contributed by atoms with Gasteiger partial charge in [-0.25, -0.2) is 0 Å². The number of anilines is 2. The number of rotatable bonds is 2. The van der Waals surface area contributed by atoms with Gasteiger partial charge >= 0.3 is 0 Å². The van der Waals surface area contributed by atoms with Crippen molar-refractivity contribution >= 4 is 23.2 Å². The number of carbonyl (C=O) groups excluding carboxylic acids is 2. The summed E-state index contributed by atoms with van der Waals surface area (Å²) in [4.78, 5) is 23.6. The Morgan fingerprint density at radius 2 is 2.05 bits per heavy atom. The zero-order valence-corrected chi connectivity index (χ0v) is 12.4. The molecule has 0 radical (unpaired) electrons. The molecule has 2 amide bonds. The molecule has 1 aliphatic rings. The summed E-state index contributed by atoms with van der Waals surface area (Å²) in [6, 6.07) is 10.7. The third-order valence-corrected chi connectivity index (χ3v) is 3.73. The molecule has 0 spiro atoms. The van der Waals surface area contributed by atoms with E-state index >= 15 is 0 Å². The highest BCUT2D eigenvalue weighted by Crippen LogP contribution is 2.29. The fraction of sp³-hybridized carbons (Fsp3) is 0.176. The summed E-state index contributed by atoms with van der Waals surface area (Å²) in [5, 5.41) is 5.60. The normalized spacial score (nSPS) is 12.9. The fourth-order valence-electron chi connectivity index (χ4n) is 2.30. The van der Waals surface area contributed by atoms with E-state index in [0.29, 0.717) is 17.0 Å². The summed E-state index contributed by atoms with van der Waals surface area (Å²) in [7, 11) is 0. The average Bonchev–Trinajstić information content (AvgIpc) is 2.51. The molecule has 1 heterocycles. The van der Waals surface area contributed by atoms with E-state index in [4.69, 9.17) is 4.74 Å². The standard InChI is InChI=1S/C17H16N2O3/c1-10-4-3-5-13(11(10)2)19-17(21)12-6-7-14-15(8-12)22-9-16(20)18-14/h3-8H,9H2,1-2H3,(H,18,20)(H,19,21). The maximum Gasteiger partial charge on any atom is 0.262 e. The van der Waals surface area contributed by atoms with E-state index < -0.39 is 0 Å². The first-order chi connectivity index (χ1) is 10.5. The number of hydrogen-bond acceptors (Lipinski definition) is 3. The van der Waals surface area contributed by atoms with Gasteiger partial charge in [-0.3, -0.25) is 9.59 Å². The van der Waals surface area contributed by atoms with Crippen LogP contribution in [0.1, 0.15) is 21.5 Å². The van der Waals surface area contributed by atoms with Crippen LogP contribution in [0.3, 0.4) is 0 Å². The largest absolute Gasteiger partial charge is 0.482 e. The third-order valence-electron chi connectivity index (χ3n) is 3.73. The van der Waals surface area contributed by atoms with Gasteiger partial charge in [-0.2, -0.15) is 0 Å². The van der Waals surface area contributed by atoms with E-state index in [1.54, 1.807) is 18.2 Å². The Morgan fingerprint density at radius 1 is 1.23 bits per heavy atom. The SMILES string of the molecule is Cc1cccc(NC(=O)c2ccc3c(c2)OCC(=O)N3)c1C. The summed E-state index contributed by atoms with van der Waals surface area (Å²) in [5.41, 5.74) is 4.01. The molecule has 2 aromatic rings. The molecule has 3 rings (SSSR count). The molecule has 0 bridgehead atoms. The predicted octanol–water partition coefficient (Wildman–Crippen LogP) is 2.89. The first-order valence-electron chi connectivity index (χ1n) is 6.99. The quantitative estimate of drug-likeness (QED) is 0.895. The minimum Gasteiger partial charge on any atom is -0.482 e. The molecular weight excluding hydrogens is 280 g/mol. The van der Waals surface area contributed by atoms with Crippen LogP contribution in [0.25, 0.3) is 0 Å². The second-order valence-corrected chi connectivity index (χ2v) is 5.25. The number of hydrogen-bond donors (Lipinski definition) is 2. The molecule has 0 saturated carbocycles. The smallest absolute Gasteiger partial charge is 0.262 e. The zero-order valence-electron chi connectivity index (χ0n) is 12.4. The molecule has 0 unspecified atom stereocenters. The summed E-state index contributed by atoms with van der Waals surface area (Å²) in [5.74, 6) is 0.102. The molecule has 1 aliphatic heterocycles. The van der Waals surface area contributed by atoms with Crippen LogP contribution in [-0.4, -0.2) is 18.4 Å². The Kier molecular flexibility index (Phi) is 3.55. The lowest BCUT2D eigenvalue weighted by Gasteiger charge is -2.18. The summed E-state index contributed by atoms with van der Waals surface area (Å²) >= 11 is 0. The third kappa shape index (κ3) is 2.65. The highest BCUT2D eigenvalue weighted by atomic mass is 16.5. The van der Waals surface area contributed by atoms with Crippen LogP contribution in [0.4, 0.5) is 11.4 Å². The maximum atomic E-state index is 12.4. The van der Waals surface area contributed by atoms with Gasteiger partial charge in [0, 0.05) is 11.3 Å². The molecule has 0 aliphatic carbocycles. The van der Waals surface area contributed by atoms with Crippen LogP contribution < -0.4 is 15.4 Å². The minimum absolute atomic E-state index is 0.0327. The molecule has 22 heavy (non-hydrogen) atoms. The number of aryl methyl sites for hydroxylation is 1. The number of benzene rings is 2. The maximum absolute atomic E-state index is 12.4. The van der Waals surface area contributed by atoms with Crippen molar-refractivity contribution < 1.29 is 14.3 Å². The van der Waals surface area contributed by atoms with Crippen LogP contribution >= 0.6 is 0 Å². The molecule has 5 nitrogen and oxygen atoms in total. The molecule has 2 aromatic carbocycles. The van der Waals surface area contributed by atoms with Gasteiger partial charge in [-0.05, 0) is 49.2 Å². The van der Waals surface area contributed by atoms with E-state index in [1.807, 2.05) is 32.0 Å². The Hall–Kier alpha value is -2.82. The van der Waals surface area contributed by atoms with Crippen LogP contribution in [-0.2, 0) is 4.79 Å². The van der Waals surface area contributed by atoms with Crippen LogP contribution in [0, 0.1) is 13.8 Å². The lowest BCUT2D eigenvalue weighted by molar-refractivity contribution is -0.118. The number of amides is 2. The van der Waals surface area contributed by atoms with E-state index in [9.17, 15) is 9.59 Å². The summed E-state index contributed by atoms with van der Waals surface area (Å²) in [6.45, 7) is 3.94. The Bertz CT molecular complexity index is 768. The van der Waals surface area contributed by atoms with Gasteiger partial charge in [0.15, 0.2) is 6.61 Å². The summed E-state index contributed by atoms with van der Waals surface area (Å²) < 4.78 is 5.33. The number of ether oxygens (including phenoxy) is 1. The lowest BCUT2D eigenvalue weighted by atomic mass is 10.1. The minimum atomic E-state index is -0.211. The topological polar surface area (TPSA) is 67.4 Å². The van der Waals surface area contributed by atoms with Crippen molar-refractivity contribution in [3.8, 4) is 5.75 Å². The van der Waals surface area contributed by atoms with Crippen molar-refractivity contribution in [2.45, 2.75) is 13.8 Å². The number of carbonyl (C=O) groups is 2. The fourth-order valence-corrected chi connectivity index (χ4v) is 2.30. The lowest BCUT2D eigenvalue weighted by Crippen LogP contribution is -2.25. The summed E-state index contributed by atoms with van der Waals surface area (Å²) in [6.07, 6.45) is 0. The second kappa shape index (κ2) is 5.52. The van der Waals surface area contributed by atoms with Gasteiger partial charge < -0.3 is 15.4 Å². The van der Waals surface area contributed by atoms with E-state index in [2.05, 4.69) is 10.6 Å². The van der Waals surface area contributed by atoms with Gasteiger partial charge in [0.1, 0.15) is 5.75 Å². The Balaban J connectivity index is 1.84. The van der Waals surface area contributed by atoms with Crippen LogP contribution in [0.2, 0.25) is 0 Å². The molecule has 0 atom stereocenters. The molecule has 0 aromatic heterocycles. The number of fused-ring (bicyclic) bond motifs is 1. The second-order valence-electron chi connectivity index (χ2n) is 5.25. The van der Waals surface area contributed by atoms with Crippen molar-refractivity contribution in [3.63, 3.8) is 0 Å². The molecule has 5 heteroatoms. The van der Waals surface area contributed by atoms with Gasteiger partial charge in [0.25, 0.3) is 11.8 Å². The molecule has 0 saturated heterocycles. The Morgan fingerprint density at radius 3 is 2.86 bits per heavy atom. The first-order valence-corrected chi connectivity index (χ1v) is 6.99. The molecule has 112 valence electrons. The van der Waals surface area contributed by atoms with Gasteiger partial charge in [-0.1, -0.05) is 12.1 Å². The highest BCUT2D eigenvalue weighted by molar-refractivity contribution is 6.06. The zero-order chi connectivity index (χ0) is 15.7. The average molecular weight is 296 g/mol. The highest BCUT2D eigenvalue weighted by Gasteiger charge is 2.18. The van der Waals surface area contributed by atoms with E-state index in [0.717, 1.165) is 16.8 Å². The van der Waals surface area contributed by atoms with Gasteiger partial charge in [-0.15, -0.1) is 0 Å².